The van der Waals surface area contributed by atoms with Crippen LogP contribution in [0.5, 0.6) is 0 Å². The van der Waals surface area contributed by atoms with E-state index in [0.717, 1.165) is 22.5 Å². The molecule has 16 nitrogen and oxygen atoms in total. The van der Waals surface area contributed by atoms with E-state index in [-0.39, 0.29) is 16.7 Å². The maximum atomic E-state index is 11.5. The number of carbonyl (C=O) groups is 1. The summed E-state index contributed by atoms with van der Waals surface area (Å²) in [5.41, 5.74) is 18.4. The monoisotopic (exact) mass is 668 g/mol. The molecule has 48 heavy (non-hydrogen) atoms. The molecule has 0 spiro atoms. The minimum Gasteiger partial charge on any atom is -0.399 e. The third-order valence-corrected chi connectivity index (χ3v) is 7.19. The van der Waals surface area contributed by atoms with Gasteiger partial charge in [0.2, 0.25) is 5.95 Å². The summed E-state index contributed by atoms with van der Waals surface area (Å²) in [5, 5.41) is 17.4. The first kappa shape index (κ1) is 34.7. The number of nitrogens with two attached hydrogens (primary N) is 2. The average Bonchev–Trinajstić information content (AvgIpc) is 3.64. The molecule has 0 saturated carbocycles. The molecule has 0 fully saturated rings. The lowest BCUT2D eigenvalue weighted by Gasteiger charge is -2.10. The molecular weight excluding hydrogens is 633 g/mol. The molecule has 4 aromatic heterocycles. The Morgan fingerprint density at radius 3 is 1.90 bits per heavy atom. The topological polar surface area (TPSA) is 213 Å². The SMILES string of the molecule is CNc1nc(Nc2cc(C)cc(C)c2)nn2c(C(N)=O)cnc12.Cc1cc(C)cc(N)c1.[C-]#[N+]c1cnc2c(NC)nc(S(C)=O)nn12. The summed E-state index contributed by atoms with van der Waals surface area (Å²) in [6.45, 7) is 15.1. The zero-order chi connectivity index (χ0) is 35.1. The van der Waals surface area contributed by atoms with Gasteiger partial charge in [0, 0.05) is 31.7 Å². The summed E-state index contributed by atoms with van der Waals surface area (Å²) in [6.07, 6.45) is 4.27. The molecule has 0 aliphatic carbocycles. The molecule has 0 radical (unpaired) electrons. The van der Waals surface area contributed by atoms with Gasteiger partial charge in [-0.2, -0.15) is 9.97 Å². The van der Waals surface area contributed by atoms with Gasteiger partial charge in [-0.15, -0.1) is 9.61 Å². The van der Waals surface area contributed by atoms with E-state index >= 15 is 0 Å². The molecule has 0 bridgehead atoms. The number of nitrogen functional groups attached to an aromatic ring is 1. The zero-order valence-corrected chi connectivity index (χ0v) is 28.3. The predicted molar refractivity (Wildman–Crippen MR) is 187 cm³/mol. The van der Waals surface area contributed by atoms with Crippen LogP contribution in [0, 0.1) is 34.3 Å². The maximum absolute atomic E-state index is 11.5. The van der Waals surface area contributed by atoms with Crippen molar-refractivity contribution in [2.75, 3.05) is 42.0 Å². The van der Waals surface area contributed by atoms with Crippen LogP contribution in [-0.4, -0.2) is 69.6 Å². The van der Waals surface area contributed by atoms with Crippen LogP contribution in [0.3, 0.4) is 0 Å². The number of carbonyl (C=O) groups excluding carboxylic acids is 1. The van der Waals surface area contributed by atoms with E-state index in [0.29, 0.717) is 28.9 Å². The predicted octanol–water partition coefficient (Wildman–Crippen LogP) is 3.97. The lowest BCUT2D eigenvalue weighted by atomic mass is 10.1. The third-order valence-electron chi connectivity index (χ3n) is 6.51. The van der Waals surface area contributed by atoms with Crippen LogP contribution in [0.15, 0.2) is 53.9 Å². The van der Waals surface area contributed by atoms with E-state index < -0.39 is 16.7 Å². The summed E-state index contributed by atoms with van der Waals surface area (Å²) in [5.74, 6) is 0.957. The minimum atomic E-state index is -1.30. The molecule has 6 rings (SSSR count). The van der Waals surface area contributed by atoms with Gasteiger partial charge in [0.1, 0.15) is 0 Å². The van der Waals surface area contributed by atoms with Gasteiger partial charge in [0.25, 0.3) is 22.5 Å². The lowest BCUT2D eigenvalue weighted by molar-refractivity contribution is 0.0993. The maximum Gasteiger partial charge on any atom is 0.275 e. The van der Waals surface area contributed by atoms with Gasteiger partial charge in [-0.05, 0) is 74.2 Å². The molecule has 17 heteroatoms. The van der Waals surface area contributed by atoms with E-state index in [2.05, 4.69) is 63.1 Å². The molecule has 0 saturated heterocycles. The molecular formula is C31H36N14O2S. The van der Waals surface area contributed by atoms with Crippen molar-refractivity contribution < 1.29 is 9.00 Å². The number of fused-ring (bicyclic) bond motifs is 2. The van der Waals surface area contributed by atoms with Gasteiger partial charge in [-0.1, -0.05) is 23.8 Å². The van der Waals surface area contributed by atoms with E-state index in [1.165, 1.54) is 38.8 Å². The molecule has 248 valence electrons. The van der Waals surface area contributed by atoms with Crippen molar-refractivity contribution in [1.29, 1.82) is 0 Å². The molecule has 6 aromatic rings. The number of hydrogen-bond acceptors (Lipinski definition) is 12. The first-order chi connectivity index (χ1) is 22.8. The van der Waals surface area contributed by atoms with Gasteiger partial charge in [0.15, 0.2) is 23.0 Å². The Kier molecular flexibility index (Phi) is 10.8. The minimum absolute atomic E-state index is 0.166. The number of imidazole rings is 2. The van der Waals surface area contributed by atoms with Crippen molar-refractivity contribution in [1.82, 2.24) is 39.2 Å². The number of nitrogens with zero attached hydrogens (tertiary/aromatic N) is 9. The van der Waals surface area contributed by atoms with Crippen molar-refractivity contribution >= 4 is 62.8 Å². The van der Waals surface area contributed by atoms with Gasteiger partial charge in [0.05, 0.1) is 23.2 Å². The normalized spacial score (nSPS) is 11.0. The molecule has 2 aromatic carbocycles. The van der Waals surface area contributed by atoms with E-state index in [4.69, 9.17) is 18.0 Å². The molecule has 7 N–H and O–H groups in total. The van der Waals surface area contributed by atoms with Gasteiger partial charge < -0.3 is 32.3 Å². The number of benzene rings is 2. The Labute approximate surface area is 279 Å². The Hall–Kier alpha value is -6.15. The molecule has 0 aliphatic rings. The van der Waals surface area contributed by atoms with Crippen LogP contribution < -0.4 is 27.4 Å². The largest absolute Gasteiger partial charge is 0.399 e. The number of anilines is 5. The number of hydrogen-bond donors (Lipinski definition) is 5. The van der Waals surface area contributed by atoms with Crippen molar-refractivity contribution in [3.63, 3.8) is 0 Å². The number of rotatable bonds is 6. The summed E-state index contributed by atoms with van der Waals surface area (Å²) >= 11 is 0. The summed E-state index contributed by atoms with van der Waals surface area (Å²) < 4.78 is 14.0. The van der Waals surface area contributed by atoms with Crippen molar-refractivity contribution in [2.45, 2.75) is 32.9 Å². The fraction of sp³-hybridized carbons (Fsp3) is 0.226. The Morgan fingerprint density at radius 1 is 0.833 bits per heavy atom. The smallest absolute Gasteiger partial charge is 0.275 e. The average molecular weight is 669 g/mol. The van der Waals surface area contributed by atoms with Crippen molar-refractivity contribution in [2.24, 2.45) is 5.73 Å². The fourth-order valence-electron chi connectivity index (χ4n) is 4.67. The van der Waals surface area contributed by atoms with Crippen molar-refractivity contribution in [3.8, 4) is 0 Å². The van der Waals surface area contributed by atoms with Crippen LogP contribution >= 0.6 is 0 Å². The molecule has 4 heterocycles. The second kappa shape index (κ2) is 15.0. The van der Waals surface area contributed by atoms with E-state index in [9.17, 15) is 9.00 Å². The molecule has 0 aliphatic heterocycles. The number of primary amides is 1. The molecule has 1 amide bonds. The lowest BCUT2D eigenvalue weighted by Crippen LogP contribution is -2.16. The number of amides is 1. The Morgan fingerprint density at radius 2 is 1.38 bits per heavy atom. The first-order valence-corrected chi connectivity index (χ1v) is 16.0. The summed E-state index contributed by atoms with van der Waals surface area (Å²) in [6, 6.07) is 12.1. The van der Waals surface area contributed by atoms with E-state index in [1.807, 2.05) is 52.0 Å². The highest BCUT2D eigenvalue weighted by molar-refractivity contribution is 7.84. The molecule has 1 unspecified atom stereocenters. The fourth-order valence-corrected chi connectivity index (χ4v) is 5.09. The van der Waals surface area contributed by atoms with E-state index in [1.54, 1.807) is 14.1 Å². The Balaban J connectivity index is 0.000000180. The van der Waals surface area contributed by atoms with Crippen LogP contribution in [0.4, 0.5) is 34.8 Å². The van der Waals surface area contributed by atoms with Crippen molar-refractivity contribution in [3.05, 3.63) is 88.2 Å². The summed E-state index contributed by atoms with van der Waals surface area (Å²) in [7, 11) is 2.10. The van der Waals surface area contributed by atoms with Crippen LogP contribution in [-0.2, 0) is 10.8 Å². The summed E-state index contributed by atoms with van der Waals surface area (Å²) in [4.78, 5) is 31.4. The number of nitrogens with one attached hydrogen (secondary N) is 3. The second-order valence-corrected chi connectivity index (χ2v) is 11.9. The highest BCUT2D eigenvalue weighted by atomic mass is 32.2. The van der Waals surface area contributed by atoms with Gasteiger partial charge in [-0.25, -0.2) is 14.5 Å². The molecule has 1 atom stereocenters. The first-order valence-electron chi connectivity index (χ1n) is 14.4. The van der Waals surface area contributed by atoms with Gasteiger partial charge in [-0.3, -0.25) is 9.00 Å². The standard InChI is InChI=1S/C15H17N7O.C8H8N6OS.C8H11N/c1-8-4-9(2)6-10(5-8)19-15-20-13(17-3)14-18-7-11(12(16)23)22(14)21-15;1-9-5-4-11-7-6(10-2)12-8(16(3)15)13-14(5)7;1-6-3-7(2)5-8(9)4-6/h4-7H,1-3H3,(H2,16,23)(H2,17,19,20,21);4H,2-3H3,(H,10,12,13);3-5H,9H2,1-2H3. The third kappa shape index (κ3) is 8.16. The number of aryl methyl sites for hydroxylation is 4. The second-order valence-electron chi connectivity index (χ2n) is 10.6. The quantitative estimate of drug-likeness (QED) is 0.126. The zero-order valence-electron chi connectivity index (χ0n) is 27.5. The highest BCUT2D eigenvalue weighted by Gasteiger charge is 2.17. The van der Waals surface area contributed by atoms with Gasteiger partial charge >= 0.3 is 0 Å². The van der Waals surface area contributed by atoms with Crippen LogP contribution in [0.25, 0.3) is 16.1 Å². The number of aromatic nitrogens is 8. The highest BCUT2D eigenvalue weighted by Crippen LogP contribution is 2.21. The van der Waals surface area contributed by atoms with Crippen LogP contribution in [0.2, 0.25) is 0 Å². The Bertz CT molecular complexity index is 2110. The van der Waals surface area contributed by atoms with Crippen LogP contribution in [0.1, 0.15) is 32.7 Å².